The van der Waals surface area contributed by atoms with Crippen molar-refractivity contribution >= 4 is 0 Å². The van der Waals surface area contributed by atoms with E-state index in [1.807, 2.05) is 0 Å². The monoisotopic (exact) mass is 286 g/mol. The predicted molar refractivity (Wildman–Crippen MR) is 89.6 cm³/mol. The highest BCUT2D eigenvalue weighted by atomic mass is 15.1. The van der Waals surface area contributed by atoms with Crippen molar-refractivity contribution in [2.45, 2.75) is 51.5 Å². The van der Waals surface area contributed by atoms with Gasteiger partial charge in [0.15, 0.2) is 0 Å². The van der Waals surface area contributed by atoms with Gasteiger partial charge in [-0.15, -0.1) is 0 Å². The van der Waals surface area contributed by atoms with Gasteiger partial charge >= 0.3 is 0 Å². The zero-order valence-corrected chi connectivity index (χ0v) is 13.5. The molecule has 2 aliphatic rings. The van der Waals surface area contributed by atoms with Gasteiger partial charge < -0.3 is 10.2 Å². The molecule has 0 bridgehead atoms. The molecule has 2 nitrogen and oxygen atoms in total. The van der Waals surface area contributed by atoms with Crippen molar-refractivity contribution in [2.24, 2.45) is 5.92 Å². The van der Waals surface area contributed by atoms with Gasteiger partial charge in [-0.05, 0) is 75.3 Å². The molecular formula is C19H30N2. The number of rotatable bonds is 4. The maximum absolute atomic E-state index is 3.90. The van der Waals surface area contributed by atoms with E-state index in [-0.39, 0.29) is 0 Å². The molecule has 1 aromatic rings. The summed E-state index contributed by atoms with van der Waals surface area (Å²) >= 11 is 0. The fourth-order valence-corrected chi connectivity index (χ4v) is 3.95. The first kappa shape index (κ1) is 15.1. The van der Waals surface area contributed by atoms with Crippen molar-refractivity contribution in [2.75, 3.05) is 26.2 Å². The summed E-state index contributed by atoms with van der Waals surface area (Å²) in [6, 6.07) is 9.67. The van der Waals surface area contributed by atoms with Gasteiger partial charge in [0.1, 0.15) is 0 Å². The van der Waals surface area contributed by atoms with Crippen LogP contribution in [0.5, 0.6) is 0 Å². The Kier molecular flexibility index (Phi) is 5.32. The Labute approximate surface area is 129 Å². The lowest BCUT2D eigenvalue weighted by Gasteiger charge is -2.32. The van der Waals surface area contributed by atoms with Gasteiger partial charge in [0.25, 0.3) is 0 Å². The van der Waals surface area contributed by atoms with Crippen LogP contribution in [0.4, 0.5) is 0 Å². The zero-order valence-electron chi connectivity index (χ0n) is 13.5. The number of aryl methyl sites for hydroxylation is 1. The molecule has 0 radical (unpaired) electrons. The van der Waals surface area contributed by atoms with Gasteiger partial charge in [0, 0.05) is 6.04 Å². The average molecular weight is 286 g/mol. The lowest BCUT2D eigenvalue weighted by atomic mass is 9.94. The molecule has 1 aliphatic heterocycles. The number of hydrogen-bond donors (Lipinski definition) is 1. The van der Waals surface area contributed by atoms with Crippen molar-refractivity contribution in [1.82, 2.24) is 10.2 Å². The van der Waals surface area contributed by atoms with E-state index in [1.54, 1.807) is 11.1 Å². The Morgan fingerprint density at radius 3 is 2.71 bits per heavy atom. The Morgan fingerprint density at radius 1 is 1.10 bits per heavy atom. The molecule has 0 spiro atoms. The van der Waals surface area contributed by atoms with Crippen LogP contribution in [0.2, 0.25) is 0 Å². The lowest BCUT2D eigenvalue weighted by Crippen LogP contribution is -2.37. The van der Waals surface area contributed by atoms with Gasteiger partial charge in [0.2, 0.25) is 0 Å². The zero-order chi connectivity index (χ0) is 14.5. The maximum atomic E-state index is 3.90. The van der Waals surface area contributed by atoms with E-state index >= 15 is 0 Å². The number of piperidine rings is 1. The van der Waals surface area contributed by atoms with Crippen LogP contribution in [0.1, 0.15) is 56.2 Å². The van der Waals surface area contributed by atoms with Crippen LogP contribution in [0.15, 0.2) is 24.3 Å². The molecular weight excluding hydrogens is 256 g/mol. The highest BCUT2D eigenvalue weighted by Gasteiger charge is 2.21. The highest BCUT2D eigenvalue weighted by molar-refractivity contribution is 5.31. The van der Waals surface area contributed by atoms with E-state index < -0.39 is 0 Å². The van der Waals surface area contributed by atoms with Crippen molar-refractivity contribution in [1.29, 1.82) is 0 Å². The van der Waals surface area contributed by atoms with E-state index in [1.165, 1.54) is 64.7 Å². The van der Waals surface area contributed by atoms with E-state index in [0.717, 1.165) is 5.92 Å². The molecule has 1 heterocycles. The molecule has 1 N–H and O–H groups in total. The van der Waals surface area contributed by atoms with E-state index in [4.69, 9.17) is 0 Å². The van der Waals surface area contributed by atoms with Crippen LogP contribution in [0.25, 0.3) is 0 Å². The Bertz CT molecular complexity index is 435. The van der Waals surface area contributed by atoms with E-state index in [2.05, 4.69) is 41.4 Å². The Balaban J connectivity index is 1.56. The fraction of sp³-hybridized carbons (Fsp3) is 0.684. The molecule has 0 amide bonds. The number of fused-ring (bicyclic) bond motifs is 1. The summed E-state index contributed by atoms with van der Waals surface area (Å²) in [7, 11) is 0. The van der Waals surface area contributed by atoms with Gasteiger partial charge in [-0.25, -0.2) is 0 Å². The summed E-state index contributed by atoms with van der Waals surface area (Å²) in [5.41, 5.74) is 3.15. The molecule has 1 aliphatic carbocycles. The van der Waals surface area contributed by atoms with Crippen molar-refractivity contribution < 1.29 is 0 Å². The normalized spacial score (nSPS) is 24.5. The summed E-state index contributed by atoms with van der Waals surface area (Å²) in [6.07, 6.45) is 8.03. The molecule has 2 heteroatoms. The number of nitrogens with one attached hydrogen (secondary N) is 1. The number of hydrogen-bond acceptors (Lipinski definition) is 2. The second-order valence-electron chi connectivity index (χ2n) is 6.78. The first-order valence-corrected chi connectivity index (χ1v) is 8.90. The summed E-state index contributed by atoms with van der Waals surface area (Å²) < 4.78 is 0. The van der Waals surface area contributed by atoms with Crippen LogP contribution in [0, 0.1) is 5.92 Å². The first-order chi connectivity index (χ1) is 10.4. The average Bonchev–Trinajstić information content (AvgIpc) is 2.76. The summed E-state index contributed by atoms with van der Waals surface area (Å²) in [5, 5.41) is 3.90. The van der Waals surface area contributed by atoms with Crippen molar-refractivity contribution in [3.63, 3.8) is 0 Å². The van der Waals surface area contributed by atoms with Gasteiger partial charge in [-0.2, -0.15) is 0 Å². The quantitative estimate of drug-likeness (QED) is 0.848. The Morgan fingerprint density at radius 2 is 1.90 bits per heavy atom. The molecule has 1 saturated heterocycles. The molecule has 21 heavy (non-hydrogen) atoms. The fourth-order valence-electron chi connectivity index (χ4n) is 3.95. The minimum atomic E-state index is 0.591. The van der Waals surface area contributed by atoms with Gasteiger partial charge in [-0.3, -0.25) is 0 Å². The molecule has 116 valence electrons. The first-order valence-electron chi connectivity index (χ1n) is 8.90. The summed E-state index contributed by atoms with van der Waals surface area (Å²) in [6.45, 7) is 7.29. The maximum Gasteiger partial charge on any atom is 0.0323 e. The SMILES string of the molecule is CCN1CCC(CNC2CCCCc3ccccc32)CC1. The topological polar surface area (TPSA) is 15.3 Å². The van der Waals surface area contributed by atoms with Crippen LogP contribution in [-0.2, 0) is 6.42 Å². The summed E-state index contributed by atoms with van der Waals surface area (Å²) in [5.74, 6) is 0.878. The van der Waals surface area contributed by atoms with Gasteiger partial charge in [-0.1, -0.05) is 37.6 Å². The summed E-state index contributed by atoms with van der Waals surface area (Å²) in [4.78, 5) is 2.58. The molecule has 1 atom stereocenters. The number of benzene rings is 1. The lowest BCUT2D eigenvalue weighted by molar-refractivity contribution is 0.187. The van der Waals surface area contributed by atoms with Crippen LogP contribution in [0.3, 0.4) is 0 Å². The van der Waals surface area contributed by atoms with Crippen molar-refractivity contribution in [3.8, 4) is 0 Å². The molecule has 1 fully saturated rings. The number of nitrogens with zero attached hydrogens (tertiary/aromatic N) is 1. The minimum absolute atomic E-state index is 0.591. The predicted octanol–water partition coefficient (Wildman–Crippen LogP) is 3.78. The van der Waals surface area contributed by atoms with E-state index in [9.17, 15) is 0 Å². The highest BCUT2D eigenvalue weighted by Crippen LogP contribution is 2.29. The van der Waals surface area contributed by atoms with Crippen LogP contribution in [-0.4, -0.2) is 31.1 Å². The largest absolute Gasteiger partial charge is 0.310 e. The second-order valence-corrected chi connectivity index (χ2v) is 6.78. The standard InChI is InChI=1S/C19H30N2/c1-2-21-13-11-16(12-14-21)15-20-19-10-6-4-8-17-7-3-5-9-18(17)19/h3,5,7,9,16,19-20H,2,4,6,8,10-15H2,1H3. The Hall–Kier alpha value is -0.860. The van der Waals surface area contributed by atoms with E-state index in [0.29, 0.717) is 6.04 Å². The van der Waals surface area contributed by atoms with Crippen molar-refractivity contribution in [3.05, 3.63) is 35.4 Å². The molecule has 1 aromatic carbocycles. The minimum Gasteiger partial charge on any atom is -0.310 e. The third-order valence-corrected chi connectivity index (χ3v) is 5.43. The van der Waals surface area contributed by atoms with Crippen LogP contribution < -0.4 is 5.32 Å². The number of likely N-dealkylation sites (tertiary alicyclic amines) is 1. The molecule has 3 rings (SSSR count). The van der Waals surface area contributed by atoms with Gasteiger partial charge in [0.05, 0.1) is 0 Å². The third-order valence-electron chi connectivity index (χ3n) is 5.43. The molecule has 0 aromatic heterocycles. The van der Waals surface area contributed by atoms with Crippen LogP contribution >= 0.6 is 0 Å². The molecule has 1 unspecified atom stereocenters. The smallest absolute Gasteiger partial charge is 0.0323 e. The third kappa shape index (κ3) is 3.87. The second kappa shape index (κ2) is 7.42. The molecule has 0 saturated carbocycles.